The second-order valence-corrected chi connectivity index (χ2v) is 7.22. The van der Waals surface area contributed by atoms with Gasteiger partial charge >= 0.3 is 0 Å². The van der Waals surface area contributed by atoms with Gasteiger partial charge in [0.15, 0.2) is 0 Å². The molecule has 0 spiro atoms. The second kappa shape index (κ2) is 8.42. The van der Waals surface area contributed by atoms with E-state index in [-0.39, 0.29) is 17.1 Å². The maximum Gasteiger partial charge on any atom is 0.237 e. The molecular formula is C17H16Cl2N2O2S. The van der Waals surface area contributed by atoms with Crippen LogP contribution in [0.1, 0.15) is 13.8 Å². The fraction of sp³-hybridized carbons (Fsp3) is 0.176. The third-order valence-corrected chi connectivity index (χ3v) is 5.15. The van der Waals surface area contributed by atoms with Gasteiger partial charge in [-0.3, -0.25) is 9.59 Å². The van der Waals surface area contributed by atoms with Gasteiger partial charge in [-0.15, -0.1) is 11.8 Å². The van der Waals surface area contributed by atoms with Gasteiger partial charge in [0.2, 0.25) is 11.8 Å². The van der Waals surface area contributed by atoms with Crippen molar-refractivity contribution in [2.24, 2.45) is 0 Å². The summed E-state index contributed by atoms with van der Waals surface area (Å²) in [5.41, 5.74) is 1.32. The minimum atomic E-state index is -0.377. The summed E-state index contributed by atoms with van der Waals surface area (Å²) in [6, 6.07) is 12.1. The largest absolute Gasteiger partial charge is 0.326 e. The van der Waals surface area contributed by atoms with Crippen LogP contribution in [0, 0.1) is 0 Å². The summed E-state index contributed by atoms with van der Waals surface area (Å²) in [7, 11) is 0. The molecule has 0 radical (unpaired) electrons. The maximum absolute atomic E-state index is 12.3. The Kier molecular flexibility index (Phi) is 6.54. The van der Waals surface area contributed by atoms with Gasteiger partial charge < -0.3 is 10.6 Å². The number of hydrogen-bond donors (Lipinski definition) is 2. The first-order valence-corrected chi connectivity index (χ1v) is 8.79. The van der Waals surface area contributed by atoms with Crippen LogP contribution in [0.15, 0.2) is 47.4 Å². The van der Waals surface area contributed by atoms with Crippen LogP contribution in [-0.2, 0) is 9.59 Å². The van der Waals surface area contributed by atoms with E-state index >= 15 is 0 Å². The van der Waals surface area contributed by atoms with Gasteiger partial charge in [-0.1, -0.05) is 29.3 Å². The summed E-state index contributed by atoms with van der Waals surface area (Å²) in [6.45, 7) is 3.22. The smallest absolute Gasteiger partial charge is 0.237 e. The molecule has 0 saturated carbocycles. The highest BCUT2D eigenvalue weighted by Gasteiger charge is 2.18. The molecule has 2 aromatic carbocycles. The van der Waals surface area contributed by atoms with Crippen LogP contribution in [0.25, 0.3) is 0 Å². The van der Waals surface area contributed by atoms with Crippen LogP contribution in [0.5, 0.6) is 0 Å². The molecule has 0 saturated heterocycles. The third-order valence-electron chi connectivity index (χ3n) is 3.06. The van der Waals surface area contributed by atoms with E-state index in [4.69, 9.17) is 23.2 Å². The Morgan fingerprint density at radius 2 is 1.46 bits per heavy atom. The van der Waals surface area contributed by atoms with E-state index in [0.717, 1.165) is 0 Å². The molecule has 7 heteroatoms. The van der Waals surface area contributed by atoms with Crippen molar-refractivity contribution in [2.45, 2.75) is 24.0 Å². The lowest BCUT2D eigenvalue weighted by Crippen LogP contribution is -2.22. The number of carbonyl (C=O) groups is 2. The van der Waals surface area contributed by atoms with E-state index in [0.29, 0.717) is 26.3 Å². The van der Waals surface area contributed by atoms with Crippen molar-refractivity contribution in [1.82, 2.24) is 0 Å². The molecule has 126 valence electrons. The topological polar surface area (TPSA) is 58.2 Å². The Bertz CT molecular complexity index is 731. The van der Waals surface area contributed by atoms with Crippen LogP contribution in [0.2, 0.25) is 10.0 Å². The average Bonchev–Trinajstić information content (AvgIpc) is 2.52. The monoisotopic (exact) mass is 382 g/mol. The highest BCUT2D eigenvalue weighted by Crippen LogP contribution is 2.36. The van der Waals surface area contributed by atoms with Crippen LogP contribution < -0.4 is 10.6 Å². The van der Waals surface area contributed by atoms with Crippen LogP contribution >= 0.6 is 35.0 Å². The van der Waals surface area contributed by atoms with E-state index < -0.39 is 0 Å². The van der Waals surface area contributed by atoms with E-state index in [1.165, 1.54) is 18.7 Å². The van der Waals surface area contributed by atoms with E-state index in [9.17, 15) is 9.59 Å². The van der Waals surface area contributed by atoms with Gasteiger partial charge in [-0.05, 0) is 43.3 Å². The molecule has 0 aliphatic carbocycles. The molecule has 2 amide bonds. The SMILES string of the molecule is CC(=O)Nc1ccc(NC(=O)[C@H](C)Sc2c(Cl)cccc2Cl)cc1. The number of benzene rings is 2. The van der Waals surface area contributed by atoms with Crippen LogP contribution in [-0.4, -0.2) is 17.1 Å². The Labute approximate surface area is 154 Å². The van der Waals surface area contributed by atoms with Gasteiger partial charge in [0.25, 0.3) is 0 Å². The molecule has 2 aromatic rings. The predicted octanol–water partition coefficient (Wildman–Crippen LogP) is 5.07. The van der Waals surface area contributed by atoms with Gasteiger partial charge in [0, 0.05) is 23.2 Å². The highest BCUT2D eigenvalue weighted by atomic mass is 35.5. The number of amides is 2. The van der Waals surface area contributed by atoms with Crippen LogP contribution in [0.4, 0.5) is 11.4 Å². The summed E-state index contributed by atoms with van der Waals surface area (Å²) >= 11 is 13.6. The molecule has 2 rings (SSSR count). The lowest BCUT2D eigenvalue weighted by molar-refractivity contribution is -0.115. The number of halogens is 2. The molecule has 0 bridgehead atoms. The lowest BCUT2D eigenvalue weighted by Gasteiger charge is -2.14. The van der Waals surface area contributed by atoms with Crippen molar-refractivity contribution < 1.29 is 9.59 Å². The third kappa shape index (κ3) is 5.16. The minimum Gasteiger partial charge on any atom is -0.326 e. The second-order valence-electron chi connectivity index (χ2n) is 5.06. The minimum absolute atomic E-state index is 0.145. The van der Waals surface area contributed by atoms with Gasteiger partial charge in [0.1, 0.15) is 0 Å². The average molecular weight is 383 g/mol. The fourth-order valence-electron chi connectivity index (χ4n) is 1.91. The zero-order valence-corrected chi connectivity index (χ0v) is 15.4. The molecule has 24 heavy (non-hydrogen) atoms. The van der Waals surface area contributed by atoms with Crippen molar-refractivity contribution in [3.8, 4) is 0 Å². The maximum atomic E-state index is 12.3. The molecule has 0 aromatic heterocycles. The van der Waals surface area contributed by atoms with Gasteiger partial charge in [-0.25, -0.2) is 0 Å². The fourth-order valence-corrected chi connectivity index (χ4v) is 3.45. The molecular weight excluding hydrogens is 367 g/mol. The Morgan fingerprint density at radius 1 is 0.958 bits per heavy atom. The number of carbonyl (C=O) groups excluding carboxylic acids is 2. The standard InChI is InChI=1S/C17H16Cl2N2O2S/c1-10(24-16-14(18)4-3-5-15(16)19)17(23)21-13-8-6-12(7-9-13)20-11(2)22/h3-10H,1-2H3,(H,20,22)(H,21,23)/t10-/m0/s1. The molecule has 4 nitrogen and oxygen atoms in total. The van der Waals surface area contributed by atoms with E-state index in [2.05, 4.69) is 10.6 Å². The molecule has 0 unspecified atom stereocenters. The molecule has 0 aliphatic heterocycles. The molecule has 0 fully saturated rings. The van der Waals surface area contributed by atoms with Crippen molar-refractivity contribution in [2.75, 3.05) is 10.6 Å². The number of hydrogen-bond acceptors (Lipinski definition) is 3. The summed E-state index contributed by atoms with van der Waals surface area (Å²) < 4.78 is 0. The number of anilines is 2. The zero-order chi connectivity index (χ0) is 17.7. The lowest BCUT2D eigenvalue weighted by atomic mass is 10.2. The highest BCUT2D eigenvalue weighted by molar-refractivity contribution is 8.00. The number of rotatable bonds is 5. The first-order valence-electron chi connectivity index (χ1n) is 7.16. The van der Waals surface area contributed by atoms with Gasteiger partial charge in [-0.2, -0.15) is 0 Å². The van der Waals surface area contributed by atoms with Crippen molar-refractivity contribution in [3.05, 3.63) is 52.5 Å². The Hall–Kier alpha value is -1.69. The van der Waals surface area contributed by atoms with Crippen LogP contribution in [0.3, 0.4) is 0 Å². The summed E-state index contributed by atoms with van der Waals surface area (Å²) in [6.07, 6.45) is 0. The Balaban J connectivity index is 2.00. The zero-order valence-electron chi connectivity index (χ0n) is 13.1. The quantitative estimate of drug-likeness (QED) is 0.709. The summed E-state index contributed by atoms with van der Waals surface area (Å²) in [5.74, 6) is -0.309. The molecule has 0 aliphatic rings. The van der Waals surface area contributed by atoms with Crippen molar-refractivity contribution >= 4 is 58.2 Å². The first-order chi connectivity index (χ1) is 11.4. The number of thioether (sulfide) groups is 1. The van der Waals surface area contributed by atoms with Gasteiger partial charge in [0.05, 0.1) is 15.3 Å². The first kappa shape index (κ1) is 18.6. The summed E-state index contributed by atoms with van der Waals surface area (Å²) in [4.78, 5) is 24.0. The summed E-state index contributed by atoms with van der Waals surface area (Å²) in [5, 5.41) is 6.15. The van der Waals surface area contributed by atoms with Crippen molar-refractivity contribution in [1.29, 1.82) is 0 Å². The predicted molar refractivity (Wildman–Crippen MR) is 101 cm³/mol. The normalized spacial score (nSPS) is 11.7. The van der Waals surface area contributed by atoms with E-state index in [1.807, 2.05) is 0 Å². The molecule has 2 N–H and O–H groups in total. The van der Waals surface area contributed by atoms with E-state index in [1.54, 1.807) is 49.4 Å². The Morgan fingerprint density at radius 3 is 1.96 bits per heavy atom. The molecule has 0 heterocycles. The molecule has 1 atom stereocenters. The van der Waals surface area contributed by atoms with Crippen molar-refractivity contribution in [3.63, 3.8) is 0 Å². The number of nitrogens with one attached hydrogen (secondary N) is 2.